The van der Waals surface area contributed by atoms with E-state index in [-0.39, 0.29) is 5.75 Å². The number of aryl methyl sites for hydroxylation is 1. The highest BCUT2D eigenvalue weighted by molar-refractivity contribution is 5.95. The lowest BCUT2D eigenvalue weighted by Crippen LogP contribution is -1.97. The highest BCUT2D eigenvalue weighted by Gasteiger charge is 2.11. The van der Waals surface area contributed by atoms with Gasteiger partial charge in [-0.05, 0) is 31.2 Å². The monoisotopic (exact) mass is 330 g/mol. The van der Waals surface area contributed by atoms with Gasteiger partial charge in [0.2, 0.25) is 5.95 Å². The number of hydrogen-bond donors (Lipinski definition) is 2. The molecule has 5 nitrogen and oxygen atoms in total. The molecule has 0 unspecified atom stereocenters. The molecule has 2 aromatic carbocycles. The molecule has 4 aromatic rings. The molecule has 0 atom stereocenters. The minimum atomic E-state index is 0.201. The first-order chi connectivity index (χ1) is 12.2. The van der Waals surface area contributed by atoms with Crippen LogP contribution < -0.4 is 5.32 Å². The first-order valence-electron chi connectivity index (χ1n) is 8.22. The number of para-hydroxylation sites is 1. The van der Waals surface area contributed by atoms with E-state index in [1.165, 1.54) is 10.9 Å². The number of aromatic hydroxyl groups is 1. The summed E-state index contributed by atoms with van der Waals surface area (Å²) in [5.74, 6) is 0.698. The third-order valence-electron chi connectivity index (χ3n) is 4.16. The smallest absolute Gasteiger partial charge is 0.227 e. The van der Waals surface area contributed by atoms with Crippen LogP contribution in [0.15, 0.2) is 67.0 Å². The van der Waals surface area contributed by atoms with Gasteiger partial charge in [-0.25, -0.2) is 9.97 Å². The predicted molar refractivity (Wildman–Crippen MR) is 100 cm³/mol. The molecular formula is C20H18N4O. The van der Waals surface area contributed by atoms with Crippen molar-refractivity contribution in [2.24, 2.45) is 0 Å². The number of nitrogens with one attached hydrogen (secondary N) is 1. The Morgan fingerprint density at radius 3 is 2.80 bits per heavy atom. The van der Waals surface area contributed by atoms with E-state index in [4.69, 9.17) is 0 Å². The van der Waals surface area contributed by atoms with Crippen molar-refractivity contribution < 1.29 is 5.11 Å². The van der Waals surface area contributed by atoms with Crippen molar-refractivity contribution in [3.8, 4) is 17.0 Å². The minimum absolute atomic E-state index is 0.201. The fraction of sp³-hybridized carbons (Fsp3) is 0.100. The minimum Gasteiger partial charge on any atom is -0.508 e. The van der Waals surface area contributed by atoms with Crippen molar-refractivity contribution in [3.05, 3.63) is 67.0 Å². The van der Waals surface area contributed by atoms with Crippen LogP contribution in [0.1, 0.15) is 6.92 Å². The molecule has 0 aliphatic rings. The van der Waals surface area contributed by atoms with Crippen molar-refractivity contribution in [3.63, 3.8) is 0 Å². The number of benzene rings is 2. The van der Waals surface area contributed by atoms with Crippen molar-refractivity contribution in [1.82, 2.24) is 14.5 Å². The number of nitrogens with zero attached hydrogens (tertiary/aromatic N) is 3. The highest BCUT2D eigenvalue weighted by atomic mass is 16.3. The van der Waals surface area contributed by atoms with Gasteiger partial charge in [-0.2, -0.15) is 0 Å². The van der Waals surface area contributed by atoms with E-state index in [2.05, 4.69) is 45.1 Å². The van der Waals surface area contributed by atoms with Gasteiger partial charge in [0.1, 0.15) is 5.75 Å². The van der Waals surface area contributed by atoms with Gasteiger partial charge in [0.25, 0.3) is 0 Å². The second kappa shape index (κ2) is 6.28. The number of phenols is 1. The zero-order valence-electron chi connectivity index (χ0n) is 13.8. The Labute approximate surface area is 145 Å². The summed E-state index contributed by atoms with van der Waals surface area (Å²) in [4.78, 5) is 8.93. The summed E-state index contributed by atoms with van der Waals surface area (Å²) >= 11 is 0. The molecule has 0 aliphatic heterocycles. The fourth-order valence-electron chi connectivity index (χ4n) is 2.99. The van der Waals surface area contributed by atoms with Crippen molar-refractivity contribution in [1.29, 1.82) is 0 Å². The van der Waals surface area contributed by atoms with E-state index >= 15 is 0 Å². The van der Waals surface area contributed by atoms with Gasteiger partial charge < -0.3 is 15.0 Å². The average molecular weight is 330 g/mol. The molecule has 0 amide bonds. The molecule has 0 radical (unpaired) electrons. The highest BCUT2D eigenvalue weighted by Crippen LogP contribution is 2.30. The van der Waals surface area contributed by atoms with Gasteiger partial charge in [-0.3, -0.25) is 0 Å². The standard InChI is InChI=1S/C20H18N4O/c1-2-24-13-17(16-8-3-4-9-19(16)24)18-10-11-21-20(23-18)22-14-6-5-7-15(25)12-14/h3-13,25H,2H2,1H3,(H,21,22,23). The van der Waals surface area contributed by atoms with E-state index in [1.54, 1.807) is 24.4 Å². The molecule has 0 fully saturated rings. The number of rotatable bonds is 4. The molecule has 2 N–H and O–H groups in total. The van der Waals surface area contributed by atoms with Gasteiger partial charge in [-0.1, -0.05) is 24.3 Å². The number of phenolic OH excluding ortho intramolecular Hbond substituents is 1. The van der Waals surface area contributed by atoms with Crippen LogP contribution >= 0.6 is 0 Å². The molecule has 2 aromatic heterocycles. The molecule has 0 bridgehead atoms. The molecular weight excluding hydrogens is 312 g/mol. The molecule has 0 saturated heterocycles. The summed E-state index contributed by atoms with van der Waals surface area (Å²) in [7, 11) is 0. The summed E-state index contributed by atoms with van der Waals surface area (Å²) in [6.07, 6.45) is 3.87. The van der Waals surface area contributed by atoms with Crippen molar-refractivity contribution >= 4 is 22.5 Å². The molecule has 0 saturated carbocycles. The van der Waals surface area contributed by atoms with E-state index in [0.717, 1.165) is 23.5 Å². The molecule has 0 aliphatic carbocycles. The Kier molecular flexibility index (Phi) is 3.82. The third kappa shape index (κ3) is 2.92. The van der Waals surface area contributed by atoms with Crippen LogP contribution in [0.2, 0.25) is 0 Å². The summed E-state index contributed by atoms with van der Waals surface area (Å²) in [6.45, 7) is 3.03. The van der Waals surface area contributed by atoms with Crippen LogP contribution in [-0.4, -0.2) is 19.6 Å². The number of anilines is 2. The largest absolute Gasteiger partial charge is 0.508 e. The van der Waals surface area contributed by atoms with Crippen LogP contribution in [0, 0.1) is 0 Å². The maximum Gasteiger partial charge on any atom is 0.227 e. The third-order valence-corrected chi connectivity index (χ3v) is 4.16. The quantitative estimate of drug-likeness (QED) is 0.575. The fourth-order valence-corrected chi connectivity index (χ4v) is 2.99. The Bertz CT molecular complexity index is 1040. The van der Waals surface area contributed by atoms with Gasteiger partial charge >= 0.3 is 0 Å². The normalized spacial score (nSPS) is 10.9. The first-order valence-corrected chi connectivity index (χ1v) is 8.22. The Hall–Kier alpha value is -3.34. The van der Waals surface area contributed by atoms with E-state index < -0.39 is 0 Å². The number of hydrogen-bond acceptors (Lipinski definition) is 4. The van der Waals surface area contributed by atoms with Gasteiger partial charge in [0.05, 0.1) is 5.69 Å². The van der Waals surface area contributed by atoms with Crippen LogP contribution in [0.3, 0.4) is 0 Å². The summed E-state index contributed by atoms with van der Waals surface area (Å²) in [5.41, 5.74) is 3.88. The van der Waals surface area contributed by atoms with Gasteiger partial charge in [0, 0.05) is 47.2 Å². The maximum atomic E-state index is 9.59. The Balaban J connectivity index is 1.75. The summed E-state index contributed by atoms with van der Waals surface area (Å²) in [5, 5.41) is 13.9. The first kappa shape index (κ1) is 15.2. The average Bonchev–Trinajstić information content (AvgIpc) is 3.01. The predicted octanol–water partition coefficient (Wildman–Crippen LogP) is 4.57. The zero-order valence-corrected chi connectivity index (χ0v) is 13.8. The Morgan fingerprint density at radius 1 is 1.08 bits per heavy atom. The Morgan fingerprint density at radius 2 is 1.96 bits per heavy atom. The molecule has 25 heavy (non-hydrogen) atoms. The molecule has 5 heteroatoms. The zero-order chi connectivity index (χ0) is 17.2. The second-order valence-corrected chi connectivity index (χ2v) is 5.79. The lowest BCUT2D eigenvalue weighted by atomic mass is 10.1. The maximum absolute atomic E-state index is 9.59. The second-order valence-electron chi connectivity index (χ2n) is 5.79. The summed E-state index contributed by atoms with van der Waals surface area (Å²) in [6, 6.07) is 17.1. The van der Waals surface area contributed by atoms with E-state index in [9.17, 15) is 5.11 Å². The van der Waals surface area contributed by atoms with Crippen LogP contribution in [-0.2, 0) is 6.54 Å². The van der Waals surface area contributed by atoms with E-state index in [0.29, 0.717) is 5.95 Å². The van der Waals surface area contributed by atoms with Crippen LogP contribution in [0.5, 0.6) is 5.75 Å². The number of aromatic nitrogens is 3. The molecule has 124 valence electrons. The molecule has 4 rings (SSSR count). The topological polar surface area (TPSA) is 63.0 Å². The molecule has 0 spiro atoms. The lowest BCUT2D eigenvalue weighted by molar-refractivity contribution is 0.475. The van der Waals surface area contributed by atoms with Crippen LogP contribution in [0.25, 0.3) is 22.2 Å². The lowest BCUT2D eigenvalue weighted by Gasteiger charge is -2.06. The molecule has 2 heterocycles. The number of fused-ring (bicyclic) bond motifs is 1. The van der Waals surface area contributed by atoms with Gasteiger partial charge in [-0.15, -0.1) is 0 Å². The van der Waals surface area contributed by atoms with Crippen molar-refractivity contribution in [2.45, 2.75) is 13.5 Å². The van der Waals surface area contributed by atoms with Crippen LogP contribution in [0.4, 0.5) is 11.6 Å². The summed E-state index contributed by atoms with van der Waals surface area (Å²) < 4.78 is 2.22. The van der Waals surface area contributed by atoms with Gasteiger partial charge in [0.15, 0.2) is 0 Å². The van der Waals surface area contributed by atoms with E-state index in [1.807, 2.05) is 24.3 Å². The van der Waals surface area contributed by atoms with Crippen molar-refractivity contribution in [2.75, 3.05) is 5.32 Å². The SMILES string of the molecule is CCn1cc(-c2ccnc(Nc3cccc(O)c3)n2)c2ccccc21.